The van der Waals surface area contributed by atoms with Crippen LogP contribution < -0.4 is 0 Å². The Bertz CT molecular complexity index is 658. The second-order valence-corrected chi connectivity index (χ2v) is 15.3. The normalized spacial score (nSPS) is 13.0. The van der Waals surface area contributed by atoms with Crippen molar-refractivity contribution in [3.8, 4) is 0 Å². The van der Waals surface area contributed by atoms with E-state index < -0.39 is 0 Å². The third-order valence-electron chi connectivity index (χ3n) is 9.67. The van der Waals surface area contributed by atoms with E-state index in [1.54, 1.807) is 0 Å². The Labute approximate surface area is 288 Å². The molecular weight excluding hydrogens is 568 g/mol. The molecule has 0 amide bonds. The first-order chi connectivity index (χ1) is 22.3. The minimum absolute atomic E-state index is 0.154. The van der Waals surface area contributed by atoms with E-state index in [4.69, 9.17) is 9.47 Å². The summed E-state index contributed by atoms with van der Waals surface area (Å²) >= 11 is 0. The minimum atomic E-state index is -0.372. The largest absolute Gasteiger partial charge is 0.465 e. The van der Waals surface area contributed by atoms with Gasteiger partial charge in [0.25, 0.3) is 0 Å². The van der Waals surface area contributed by atoms with Gasteiger partial charge in [-0.2, -0.15) is 0 Å². The van der Waals surface area contributed by atoms with Crippen LogP contribution in [0, 0.1) is 23.7 Å². The maximum atomic E-state index is 13.6. The van der Waals surface area contributed by atoms with Crippen molar-refractivity contribution >= 4 is 11.9 Å². The van der Waals surface area contributed by atoms with Crippen LogP contribution in [0.2, 0.25) is 0 Å². The molecule has 0 spiro atoms. The Morgan fingerprint density at radius 3 is 0.935 bits per heavy atom. The van der Waals surface area contributed by atoms with Gasteiger partial charge in [-0.1, -0.05) is 196 Å². The number of ether oxygens (including phenoxy) is 2. The molecule has 2 atom stereocenters. The average molecular weight is 651 g/mol. The van der Waals surface area contributed by atoms with Crippen molar-refractivity contribution in [1.82, 2.24) is 0 Å². The topological polar surface area (TPSA) is 52.6 Å². The molecule has 274 valence electrons. The van der Waals surface area contributed by atoms with Gasteiger partial charge in [-0.25, -0.2) is 0 Å². The molecule has 0 aromatic rings. The molecule has 0 saturated carbocycles. The Balaban J connectivity index is 5.17. The van der Waals surface area contributed by atoms with Gasteiger partial charge in [0.2, 0.25) is 0 Å². The summed E-state index contributed by atoms with van der Waals surface area (Å²) in [7, 11) is 0. The van der Waals surface area contributed by atoms with E-state index in [0.717, 1.165) is 64.2 Å². The Morgan fingerprint density at radius 2 is 0.630 bits per heavy atom. The van der Waals surface area contributed by atoms with E-state index in [1.807, 2.05) is 0 Å². The fraction of sp³-hybridized carbons (Fsp3) is 0.952. The third-order valence-corrected chi connectivity index (χ3v) is 9.67. The van der Waals surface area contributed by atoms with Crippen LogP contribution in [0.4, 0.5) is 0 Å². The molecule has 0 bridgehead atoms. The van der Waals surface area contributed by atoms with Crippen molar-refractivity contribution in [3.05, 3.63) is 0 Å². The number of esters is 2. The van der Waals surface area contributed by atoms with Gasteiger partial charge in [-0.15, -0.1) is 0 Å². The molecule has 46 heavy (non-hydrogen) atoms. The van der Waals surface area contributed by atoms with Gasteiger partial charge < -0.3 is 9.47 Å². The summed E-state index contributed by atoms with van der Waals surface area (Å²) in [5, 5.41) is 0. The van der Waals surface area contributed by atoms with Crippen LogP contribution in [-0.2, 0) is 19.1 Å². The summed E-state index contributed by atoms with van der Waals surface area (Å²) in [5.74, 6) is 0.374. The number of carbonyl (C=O) groups is 2. The molecule has 0 aromatic carbocycles. The molecule has 0 rings (SSSR count). The predicted molar refractivity (Wildman–Crippen MR) is 199 cm³/mol. The molecule has 0 N–H and O–H groups in total. The van der Waals surface area contributed by atoms with Crippen LogP contribution >= 0.6 is 0 Å². The highest BCUT2D eigenvalue weighted by atomic mass is 16.5. The maximum Gasteiger partial charge on any atom is 0.309 e. The lowest BCUT2D eigenvalue weighted by Crippen LogP contribution is -2.33. The lowest BCUT2D eigenvalue weighted by atomic mass is 9.83. The summed E-state index contributed by atoms with van der Waals surface area (Å²) in [5.41, 5.74) is 0. The summed E-state index contributed by atoms with van der Waals surface area (Å²) in [6.45, 7) is 14.5. The summed E-state index contributed by atoms with van der Waals surface area (Å²) < 4.78 is 11.8. The van der Waals surface area contributed by atoms with E-state index >= 15 is 0 Å². The van der Waals surface area contributed by atoms with E-state index in [-0.39, 0.29) is 23.8 Å². The minimum Gasteiger partial charge on any atom is -0.465 e. The highest BCUT2D eigenvalue weighted by molar-refractivity contribution is 5.82. The zero-order valence-electron chi connectivity index (χ0n) is 32.2. The second kappa shape index (κ2) is 33.8. The summed E-state index contributed by atoms with van der Waals surface area (Å²) in [6.07, 6.45) is 32.8. The van der Waals surface area contributed by atoms with Crippen LogP contribution in [0.15, 0.2) is 0 Å². The number of carbonyl (C=O) groups excluding carboxylic acids is 2. The van der Waals surface area contributed by atoms with Crippen LogP contribution in [-0.4, -0.2) is 25.2 Å². The van der Waals surface area contributed by atoms with E-state index in [9.17, 15) is 9.59 Å². The molecule has 0 aliphatic heterocycles. The molecular formula is C42H82O4. The van der Waals surface area contributed by atoms with Gasteiger partial charge in [0.05, 0.1) is 25.0 Å². The molecule has 4 nitrogen and oxygen atoms in total. The van der Waals surface area contributed by atoms with Crippen molar-refractivity contribution in [2.24, 2.45) is 23.7 Å². The SMILES string of the molecule is CCCCCCCCCCCCC(C(=O)OCCCCCC(C)C)C(CCCCCCCCCC)C(=O)OCCCCCC(C)C. The third kappa shape index (κ3) is 29.1. The summed E-state index contributed by atoms with van der Waals surface area (Å²) in [6, 6.07) is 0. The first kappa shape index (κ1) is 44.9. The van der Waals surface area contributed by atoms with E-state index in [0.29, 0.717) is 25.0 Å². The van der Waals surface area contributed by atoms with Crippen molar-refractivity contribution in [2.45, 2.75) is 221 Å². The molecule has 0 fully saturated rings. The van der Waals surface area contributed by atoms with Crippen LogP contribution in [0.3, 0.4) is 0 Å². The number of rotatable bonds is 35. The first-order valence-corrected chi connectivity index (χ1v) is 20.7. The molecule has 0 heterocycles. The smallest absolute Gasteiger partial charge is 0.309 e. The molecule has 0 aliphatic carbocycles. The maximum absolute atomic E-state index is 13.6. The van der Waals surface area contributed by atoms with Crippen molar-refractivity contribution in [1.29, 1.82) is 0 Å². The van der Waals surface area contributed by atoms with Gasteiger partial charge >= 0.3 is 11.9 Å². The quantitative estimate of drug-likeness (QED) is 0.0506. The highest BCUT2D eigenvalue weighted by Gasteiger charge is 2.35. The Kier molecular flexibility index (Phi) is 33.0. The lowest BCUT2D eigenvalue weighted by molar-refractivity contribution is -0.161. The van der Waals surface area contributed by atoms with Gasteiger partial charge in [0.15, 0.2) is 0 Å². The Hall–Kier alpha value is -1.06. The highest BCUT2D eigenvalue weighted by Crippen LogP contribution is 2.29. The standard InChI is InChI=1S/C42H82O4/c1-7-9-11-13-15-17-18-20-22-28-34-40(42(44)46-36-30-24-26-32-38(5)6)39(33-27-21-19-16-14-12-10-8-2)41(43)45-35-29-23-25-31-37(3)4/h37-40H,7-36H2,1-6H3. The zero-order chi connectivity index (χ0) is 34.1. The molecule has 0 radical (unpaired) electrons. The fourth-order valence-electron chi connectivity index (χ4n) is 6.54. The first-order valence-electron chi connectivity index (χ1n) is 20.7. The average Bonchev–Trinajstić information content (AvgIpc) is 3.02. The van der Waals surface area contributed by atoms with Crippen molar-refractivity contribution < 1.29 is 19.1 Å². The fourth-order valence-corrected chi connectivity index (χ4v) is 6.54. The van der Waals surface area contributed by atoms with Gasteiger partial charge in [-0.3, -0.25) is 9.59 Å². The van der Waals surface area contributed by atoms with Gasteiger partial charge in [0, 0.05) is 0 Å². The lowest BCUT2D eigenvalue weighted by Gasteiger charge is -2.25. The van der Waals surface area contributed by atoms with Crippen LogP contribution in [0.5, 0.6) is 0 Å². The van der Waals surface area contributed by atoms with Crippen LogP contribution in [0.1, 0.15) is 221 Å². The monoisotopic (exact) mass is 651 g/mol. The second-order valence-electron chi connectivity index (χ2n) is 15.3. The summed E-state index contributed by atoms with van der Waals surface area (Å²) in [4.78, 5) is 27.2. The number of hydrogen-bond donors (Lipinski definition) is 0. The van der Waals surface area contributed by atoms with Crippen molar-refractivity contribution in [2.75, 3.05) is 13.2 Å². The molecule has 0 aliphatic rings. The molecule has 2 unspecified atom stereocenters. The Morgan fingerprint density at radius 1 is 0.370 bits per heavy atom. The number of unbranched alkanes of at least 4 members (excludes halogenated alkanes) is 20. The molecule has 4 heteroatoms. The van der Waals surface area contributed by atoms with E-state index in [2.05, 4.69) is 41.5 Å². The predicted octanol–water partition coefficient (Wildman–Crippen LogP) is 13.6. The number of hydrogen-bond acceptors (Lipinski definition) is 4. The molecule has 0 aromatic heterocycles. The van der Waals surface area contributed by atoms with Gasteiger partial charge in [0.1, 0.15) is 0 Å². The van der Waals surface area contributed by atoms with E-state index in [1.165, 1.54) is 116 Å². The zero-order valence-corrected chi connectivity index (χ0v) is 32.2. The van der Waals surface area contributed by atoms with Crippen molar-refractivity contribution in [3.63, 3.8) is 0 Å². The van der Waals surface area contributed by atoms with Crippen LogP contribution in [0.25, 0.3) is 0 Å². The van der Waals surface area contributed by atoms with Gasteiger partial charge in [-0.05, 0) is 37.5 Å². The molecule has 0 saturated heterocycles.